The summed E-state index contributed by atoms with van der Waals surface area (Å²) in [5.41, 5.74) is 3.53. The normalized spacial score (nSPS) is 12.5. The average Bonchev–Trinajstić information content (AvgIpc) is 2.52. The fourth-order valence-corrected chi connectivity index (χ4v) is 4.68. The van der Waals surface area contributed by atoms with E-state index in [1.54, 1.807) is 24.3 Å². The highest BCUT2D eigenvalue weighted by molar-refractivity contribution is 7.59. The van der Waals surface area contributed by atoms with Crippen LogP contribution in [0.3, 0.4) is 0 Å². The Morgan fingerprint density at radius 1 is 0.484 bits per heavy atom. The van der Waals surface area contributed by atoms with Crippen molar-refractivity contribution in [2.24, 2.45) is 10.8 Å². The summed E-state index contributed by atoms with van der Waals surface area (Å²) in [6, 6.07) is 15.1. The number of phenolic OH excluding ortho intramolecular Hbond substituents is 2. The van der Waals surface area contributed by atoms with Crippen LogP contribution in [0, 0.1) is 10.8 Å². The summed E-state index contributed by atoms with van der Waals surface area (Å²) in [4.78, 5) is 0. The summed E-state index contributed by atoms with van der Waals surface area (Å²) in [5.74, 6) is 0.676. The fourth-order valence-electron chi connectivity index (χ4n) is 4.68. The van der Waals surface area contributed by atoms with Gasteiger partial charge in [-0.15, -0.1) is 0 Å². The number of phenols is 2. The van der Waals surface area contributed by atoms with Gasteiger partial charge in [0, 0.05) is 0 Å². The number of benzene rings is 2. The van der Waals surface area contributed by atoms with Gasteiger partial charge in [0.2, 0.25) is 0 Å². The van der Waals surface area contributed by atoms with E-state index in [0.29, 0.717) is 22.3 Å². The second-order valence-electron chi connectivity index (χ2n) is 12.3. The van der Waals surface area contributed by atoms with E-state index in [1.807, 2.05) is 24.3 Å². The molecular formula is C28H46O2S. The maximum Gasteiger partial charge on any atom is 0.115 e. The van der Waals surface area contributed by atoms with Crippen LogP contribution in [0.15, 0.2) is 48.5 Å². The SMILES string of the molecule is CC(C)(C)CC(C)(C)c1ccc(O)cc1.CC(C)(C)CC(C)(C)c1ccc(O)cc1.S. The number of hydrogen-bond donors (Lipinski definition) is 2. The summed E-state index contributed by atoms with van der Waals surface area (Å²) in [6.45, 7) is 22.6. The van der Waals surface area contributed by atoms with Crippen LogP contribution in [0.2, 0.25) is 0 Å². The highest BCUT2D eigenvalue weighted by atomic mass is 32.1. The van der Waals surface area contributed by atoms with Crippen LogP contribution in [0.25, 0.3) is 0 Å². The third-order valence-electron chi connectivity index (χ3n) is 5.24. The molecule has 0 aliphatic carbocycles. The molecule has 0 aromatic heterocycles. The van der Waals surface area contributed by atoms with Gasteiger partial charge in [0.25, 0.3) is 0 Å². The van der Waals surface area contributed by atoms with Gasteiger partial charge in [-0.25, -0.2) is 0 Å². The minimum absolute atomic E-state index is 0. The lowest BCUT2D eigenvalue weighted by Crippen LogP contribution is -2.24. The topological polar surface area (TPSA) is 40.5 Å². The molecule has 2 rings (SSSR count). The van der Waals surface area contributed by atoms with Gasteiger partial charge in [-0.2, -0.15) is 13.5 Å². The molecule has 176 valence electrons. The first-order chi connectivity index (χ1) is 13.4. The third kappa shape index (κ3) is 11.0. The van der Waals surface area contributed by atoms with Crippen molar-refractivity contribution in [2.75, 3.05) is 0 Å². The van der Waals surface area contributed by atoms with Gasteiger partial charge >= 0.3 is 0 Å². The minimum Gasteiger partial charge on any atom is -0.508 e. The van der Waals surface area contributed by atoms with Crippen molar-refractivity contribution >= 4 is 13.5 Å². The molecule has 0 spiro atoms. The largest absolute Gasteiger partial charge is 0.508 e. The average molecular weight is 447 g/mol. The quantitative estimate of drug-likeness (QED) is 0.495. The zero-order valence-corrected chi connectivity index (χ0v) is 22.4. The maximum absolute atomic E-state index is 9.25. The van der Waals surface area contributed by atoms with Gasteiger partial charge in [-0.3, -0.25) is 0 Å². The standard InChI is InChI=1S/2C14H22O.H2S/c2*1-13(2,3)10-14(4,5)11-6-8-12(15)9-7-11;/h2*6-9,15H,10H2,1-5H3;1H2. The Labute approximate surface area is 198 Å². The Balaban J connectivity index is 0.000000562. The van der Waals surface area contributed by atoms with E-state index in [-0.39, 0.29) is 24.3 Å². The first kappa shape index (κ1) is 29.4. The van der Waals surface area contributed by atoms with Gasteiger partial charge in [-0.05, 0) is 69.9 Å². The van der Waals surface area contributed by atoms with Crippen LogP contribution >= 0.6 is 13.5 Å². The van der Waals surface area contributed by atoms with E-state index in [2.05, 4.69) is 69.2 Å². The van der Waals surface area contributed by atoms with Gasteiger partial charge in [-0.1, -0.05) is 93.5 Å². The van der Waals surface area contributed by atoms with Gasteiger partial charge in [0.15, 0.2) is 0 Å². The molecule has 2 aromatic rings. The molecule has 0 saturated heterocycles. The van der Waals surface area contributed by atoms with Crippen LogP contribution in [0.5, 0.6) is 11.5 Å². The number of aromatic hydroxyl groups is 2. The summed E-state index contributed by atoms with van der Waals surface area (Å²) in [7, 11) is 0. The van der Waals surface area contributed by atoms with Crippen LogP contribution < -0.4 is 0 Å². The van der Waals surface area contributed by atoms with E-state index >= 15 is 0 Å². The second kappa shape index (κ2) is 10.8. The highest BCUT2D eigenvalue weighted by Gasteiger charge is 2.27. The van der Waals surface area contributed by atoms with Crippen LogP contribution in [-0.2, 0) is 10.8 Å². The number of hydrogen-bond acceptors (Lipinski definition) is 2. The molecule has 0 unspecified atom stereocenters. The zero-order valence-electron chi connectivity index (χ0n) is 21.4. The molecule has 2 N–H and O–H groups in total. The Morgan fingerprint density at radius 3 is 0.903 bits per heavy atom. The van der Waals surface area contributed by atoms with E-state index in [4.69, 9.17) is 0 Å². The van der Waals surface area contributed by atoms with Crippen molar-refractivity contribution in [3.05, 3.63) is 59.7 Å². The monoisotopic (exact) mass is 446 g/mol. The molecule has 0 atom stereocenters. The van der Waals surface area contributed by atoms with Gasteiger partial charge in [0.1, 0.15) is 11.5 Å². The smallest absolute Gasteiger partial charge is 0.115 e. The summed E-state index contributed by atoms with van der Waals surface area (Å²) in [6.07, 6.45) is 2.26. The Kier molecular flexibility index (Phi) is 10.2. The lowest BCUT2D eigenvalue weighted by Gasteiger charge is -2.33. The predicted octanol–water partition coefficient (Wildman–Crippen LogP) is 8.32. The first-order valence-corrected chi connectivity index (χ1v) is 11.0. The van der Waals surface area contributed by atoms with Crippen molar-refractivity contribution in [2.45, 2.75) is 92.9 Å². The Hall–Kier alpha value is -1.61. The van der Waals surface area contributed by atoms with Crippen LogP contribution in [0.4, 0.5) is 0 Å². The zero-order chi connectivity index (χ0) is 23.4. The van der Waals surface area contributed by atoms with Crippen LogP contribution in [-0.4, -0.2) is 10.2 Å². The van der Waals surface area contributed by atoms with Gasteiger partial charge < -0.3 is 10.2 Å². The van der Waals surface area contributed by atoms with Gasteiger partial charge in [0.05, 0.1) is 0 Å². The molecule has 0 saturated carbocycles. The van der Waals surface area contributed by atoms with Crippen molar-refractivity contribution in [3.63, 3.8) is 0 Å². The van der Waals surface area contributed by atoms with E-state index < -0.39 is 0 Å². The molecule has 0 radical (unpaired) electrons. The van der Waals surface area contributed by atoms with Crippen molar-refractivity contribution in [1.29, 1.82) is 0 Å². The van der Waals surface area contributed by atoms with Crippen molar-refractivity contribution in [3.8, 4) is 11.5 Å². The molecule has 0 aliphatic heterocycles. The molecule has 2 aromatic carbocycles. The fraction of sp³-hybridized carbons (Fsp3) is 0.571. The van der Waals surface area contributed by atoms with Crippen molar-refractivity contribution < 1.29 is 10.2 Å². The first-order valence-electron chi connectivity index (χ1n) is 11.0. The molecule has 0 aliphatic rings. The minimum atomic E-state index is 0. The molecule has 3 heteroatoms. The molecule has 0 fully saturated rings. The van der Waals surface area contributed by atoms with E-state index in [1.165, 1.54) is 11.1 Å². The Morgan fingerprint density at radius 2 is 0.710 bits per heavy atom. The van der Waals surface area contributed by atoms with Crippen molar-refractivity contribution in [1.82, 2.24) is 0 Å². The van der Waals surface area contributed by atoms with Crippen LogP contribution in [0.1, 0.15) is 93.2 Å². The summed E-state index contributed by atoms with van der Waals surface area (Å²) >= 11 is 0. The molecular weight excluding hydrogens is 400 g/mol. The second-order valence-corrected chi connectivity index (χ2v) is 12.3. The molecule has 0 amide bonds. The Bertz CT molecular complexity index is 704. The highest BCUT2D eigenvalue weighted by Crippen LogP contribution is 2.37. The lowest BCUT2D eigenvalue weighted by atomic mass is 9.72. The molecule has 0 bridgehead atoms. The summed E-state index contributed by atoms with van der Waals surface area (Å²) in [5, 5.41) is 18.5. The maximum atomic E-state index is 9.25. The third-order valence-corrected chi connectivity index (χ3v) is 5.24. The molecule has 31 heavy (non-hydrogen) atoms. The van der Waals surface area contributed by atoms with E-state index in [0.717, 1.165) is 12.8 Å². The summed E-state index contributed by atoms with van der Waals surface area (Å²) < 4.78 is 0. The lowest BCUT2D eigenvalue weighted by molar-refractivity contribution is 0.283. The number of rotatable bonds is 4. The van der Waals surface area contributed by atoms with E-state index in [9.17, 15) is 10.2 Å². The predicted molar refractivity (Wildman–Crippen MR) is 141 cm³/mol. The molecule has 2 nitrogen and oxygen atoms in total. The molecule has 0 heterocycles.